The minimum Gasteiger partial charge on any atom is -0.285 e. The van der Waals surface area contributed by atoms with Crippen LogP contribution >= 0.6 is 0 Å². The number of benzene rings is 1. The van der Waals surface area contributed by atoms with Gasteiger partial charge in [-0.15, -0.1) is 0 Å². The lowest BCUT2D eigenvalue weighted by Crippen LogP contribution is -2.29. The van der Waals surface area contributed by atoms with Gasteiger partial charge in [-0.05, 0) is 31.9 Å². The molecule has 0 aliphatic heterocycles. The molecule has 0 aliphatic rings. The summed E-state index contributed by atoms with van der Waals surface area (Å²) in [6, 6.07) is 7.05. The summed E-state index contributed by atoms with van der Waals surface area (Å²) < 4.78 is 30.6. The smallest absolute Gasteiger partial charge is 0.274 e. The summed E-state index contributed by atoms with van der Waals surface area (Å²) in [6.07, 6.45) is 0. The molecule has 0 saturated heterocycles. The maximum atomic E-state index is 11.4. The predicted octanol–water partition coefficient (Wildman–Crippen LogP) is 2.84. The molecule has 0 saturated carbocycles. The Morgan fingerprint density at radius 1 is 1.31 bits per heavy atom. The highest BCUT2D eigenvalue weighted by Crippen LogP contribution is 2.33. The molecule has 0 aromatic heterocycles. The molecule has 0 bridgehead atoms. The van der Waals surface area contributed by atoms with Crippen molar-refractivity contribution in [2.45, 2.75) is 25.5 Å². The van der Waals surface area contributed by atoms with Gasteiger partial charge < -0.3 is 0 Å². The van der Waals surface area contributed by atoms with Gasteiger partial charge in [0, 0.05) is 0 Å². The average Bonchev–Trinajstić information content (AvgIpc) is 2.16. The van der Waals surface area contributed by atoms with Crippen LogP contribution in [0.25, 0.3) is 5.57 Å². The first-order chi connectivity index (χ1) is 7.18. The number of allylic oxidation sites excluding steroid dienone is 1. The van der Waals surface area contributed by atoms with Gasteiger partial charge in [-0.1, -0.05) is 36.4 Å². The number of hydrogen-bond acceptors (Lipinski definition) is 2. The monoisotopic (exact) mass is 240 g/mol. The quantitative estimate of drug-likeness (QED) is 0.826. The average molecular weight is 240 g/mol. The Balaban J connectivity index is 3.51. The molecule has 0 atom stereocenters. The second-order valence-electron chi connectivity index (χ2n) is 4.31. The first kappa shape index (κ1) is 12.9. The molecule has 88 valence electrons. The number of rotatable bonds is 3. The SMILES string of the molecule is C=C(C)c1ccccc1C(C)(C)S(=O)(=O)O. The summed E-state index contributed by atoms with van der Waals surface area (Å²) in [5.74, 6) is 0. The van der Waals surface area contributed by atoms with Crippen LogP contribution in [-0.4, -0.2) is 13.0 Å². The first-order valence-electron chi connectivity index (χ1n) is 4.90. The Labute approximate surface area is 96.6 Å². The van der Waals surface area contributed by atoms with E-state index in [1.54, 1.807) is 25.1 Å². The van der Waals surface area contributed by atoms with Crippen molar-refractivity contribution in [2.24, 2.45) is 0 Å². The Morgan fingerprint density at radius 2 is 1.81 bits per heavy atom. The molecule has 0 unspecified atom stereocenters. The molecular formula is C12H16O3S. The molecule has 0 radical (unpaired) electrons. The molecule has 1 aromatic carbocycles. The largest absolute Gasteiger partial charge is 0.285 e. The molecule has 16 heavy (non-hydrogen) atoms. The normalized spacial score (nSPS) is 12.5. The first-order valence-corrected chi connectivity index (χ1v) is 6.34. The van der Waals surface area contributed by atoms with Crippen molar-refractivity contribution in [3.63, 3.8) is 0 Å². The fraction of sp³-hybridized carbons (Fsp3) is 0.333. The van der Waals surface area contributed by atoms with Gasteiger partial charge in [-0.2, -0.15) is 8.42 Å². The zero-order chi connectivity index (χ0) is 12.6. The highest BCUT2D eigenvalue weighted by atomic mass is 32.2. The van der Waals surface area contributed by atoms with Crippen LogP contribution in [0.2, 0.25) is 0 Å². The van der Waals surface area contributed by atoms with E-state index in [9.17, 15) is 13.0 Å². The lowest BCUT2D eigenvalue weighted by atomic mass is 9.93. The summed E-state index contributed by atoms with van der Waals surface area (Å²) in [7, 11) is -4.15. The van der Waals surface area contributed by atoms with E-state index in [2.05, 4.69) is 6.58 Å². The van der Waals surface area contributed by atoms with Crippen LogP contribution < -0.4 is 0 Å². The van der Waals surface area contributed by atoms with E-state index in [0.717, 1.165) is 11.1 Å². The van der Waals surface area contributed by atoms with Gasteiger partial charge >= 0.3 is 0 Å². The topological polar surface area (TPSA) is 54.4 Å². The molecule has 0 aliphatic carbocycles. The van der Waals surface area contributed by atoms with Crippen LogP contribution in [0.1, 0.15) is 31.9 Å². The molecule has 4 heteroatoms. The fourth-order valence-corrected chi connectivity index (χ4v) is 1.98. The van der Waals surface area contributed by atoms with Crippen molar-refractivity contribution < 1.29 is 13.0 Å². The zero-order valence-electron chi connectivity index (χ0n) is 9.69. The van der Waals surface area contributed by atoms with E-state index in [1.807, 2.05) is 6.07 Å². The van der Waals surface area contributed by atoms with Crippen molar-refractivity contribution in [1.82, 2.24) is 0 Å². The van der Waals surface area contributed by atoms with Crippen molar-refractivity contribution in [3.8, 4) is 0 Å². The van der Waals surface area contributed by atoms with Crippen molar-refractivity contribution >= 4 is 15.7 Å². The standard InChI is InChI=1S/C12H16O3S/c1-9(2)10-7-5-6-8-11(10)12(3,4)16(13,14)15/h5-8H,1H2,2-4H3,(H,13,14,15). The molecule has 0 amide bonds. The molecular weight excluding hydrogens is 224 g/mol. The van der Waals surface area contributed by atoms with Gasteiger partial charge in [0.25, 0.3) is 10.1 Å². The molecule has 1 aromatic rings. The van der Waals surface area contributed by atoms with E-state index in [1.165, 1.54) is 13.8 Å². The van der Waals surface area contributed by atoms with Crippen LogP contribution in [-0.2, 0) is 14.9 Å². The third kappa shape index (κ3) is 2.18. The van der Waals surface area contributed by atoms with E-state index in [-0.39, 0.29) is 0 Å². The Bertz CT molecular complexity index is 513. The Morgan fingerprint density at radius 3 is 2.25 bits per heavy atom. The lowest BCUT2D eigenvalue weighted by molar-refractivity contribution is 0.445. The maximum Gasteiger partial charge on any atom is 0.274 e. The van der Waals surface area contributed by atoms with Crippen molar-refractivity contribution in [3.05, 3.63) is 42.0 Å². The van der Waals surface area contributed by atoms with Crippen molar-refractivity contribution in [2.75, 3.05) is 0 Å². The molecule has 1 rings (SSSR count). The minimum atomic E-state index is -4.15. The van der Waals surface area contributed by atoms with E-state index in [0.29, 0.717) is 5.56 Å². The summed E-state index contributed by atoms with van der Waals surface area (Å²) in [6.45, 7) is 8.56. The van der Waals surface area contributed by atoms with Gasteiger partial charge in [0.2, 0.25) is 0 Å². The highest BCUT2D eigenvalue weighted by Gasteiger charge is 2.36. The van der Waals surface area contributed by atoms with Gasteiger partial charge in [0.05, 0.1) is 0 Å². The summed E-state index contributed by atoms with van der Waals surface area (Å²) in [4.78, 5) is 0. The summed E-state index contributed by atoms with van der Waals surface area (Å²) >= 11 is 0. The van der Waals surface area contributed by atoms with Gasteiger partial charge in [0.1, 0.15) is 4.75 Å². The van der Waals surface area contributed by atoms with Crippen LogP contribution in [0.5, 0.6) is 0 Å². The predicted molar refractivity (Wildman–Crippen MR) is 65.7 cm³/mol. The van der Waals surface area contributed by atoms with Gasteiger partial charge in [-0.3, -0.25) is 4.55 Å². The number of hydrogen-bond donors (Lipinski definition) is 1. The Hall–Kier alpha value is -1.13. The highest BCUT2D eigenvalue weighted by molar-refractivity contribution is 7.86. The lowest BCUT2D eigenvalue weighted by Gasteiger charge is -2.24. The third-order valence-corrected chi connectivity index (χ3v) is 4.19. The van der Waals surface area contributed by atoms with E-state index >= 15 is 0 Å². The summed E-state index contributed by atoms with van der Waals surface area (Å²) in [5.41, 5.74) is 2.09. The maximum absolute atomic E-state index is 11.4. The fourth-order valence-electron chi connectivity index (χ4n) is 1.52. The minimum absolute atomic E-state index is 0.560. The van der Waals surface area contributed by atoms with Crippen molar-refractivity contribution in [1.29, 1.82) is 0 Å². The van der Waals surface area contributed by atoms with Crippen LogP contribution in [0.15, 0.2) is 30.8 Å². The molecule has 0 fully saturated rings. The van der Waals surface area contributed by atoms with Crippen LogP contribution in [0, 0.1) is 0 Å². The van der Waals surface area contributed by atoms with Crippen LogP contribution in [0.3, 0.4) is 0 Å². The molecule has 1 N–H and O–H groups in total. The van der Waals surface area contributed by atoms with E-state index < -0.39 is 14.9 Å². The molecule has 0 spiro atoms. The van der Waals surface area contributed by atoms with E-state index in [4.69, 9.17) is 0 Å². The molecule has 3 nitrogen and oxygen atoms in total. The second kappa shape index (κ2) is 4.03. The van der Waals surface area contributed by atoms with Gasteiger partial charge in [0.15, 0.2) is 0 Å². The zero-order valence-corrected chi connectivity index (χ0v) is 10.5. The van der Waals surface area contributed by atoms with Gasteiger partial charge in [-0.25, -0.2) is 0 Å². The summed E-state index contributed by atoms with van der Waals surface area (Å²) in [5, 5.41) is 0. The second-order valence-corrected chi connectivity index (χ2v) is 6.28. The third-order valence-electron chi connectivity index (χ3n) is 2.68. The molecule has 0 heterocycles. The van der Waals surface area contributed by atoms with Crippen LogP contribution in [0.4, 0.5) is 0 Å². The Kier molecular flexibility index (Phi) is 3.26.